The molecule has 1 atom stereocenters. The maximum Gasteiger partial charge on any atom is 0.389 e. The quantitative estimate of drug-likeness (QED) is 0.729. The number of anilines is 1. The first-order valence-corrected chi connectivity index (χ1v) is 8.93. The van der Waals surface area contributed by atoms with Gasteiger partial charge in [0.15, 0.2) is 0 Å². The van der Waals surface area contributed by atoms with Crippen LogP contribution in [0.1, 0.15) is 46.0 Å². The Bertz CT molecular complexity index is 671. The molecule has 3 nitrogen and oxygen atoms in total. The lowest BCUT2D eigenvalue weighted by Crippen LogP contribution is -2.49. The van der Waals surface area contributed by atoms with Crippen molar-refractivity contribution in [3.8, 4) is 0 Å². The van der Waals surface area contributed by atoms with Crippen molar-refractivity contribution in [2.75, 3.05) is 18.0 Å². The van der Waals surface area contributed by atoms with E-state index < -0.39 is 30.5 Å². The molecule has 2 aliphatic rings. The average Bonchev–Trinajstić information content (AvgIpc) is 3.05. The van der Waals surface area contributed by atoms with Crippen LogP contribution in [0.2, 0.25) is 0 Å². The lowest BCUT2D eigenvalue weighted by molar-refractivity contribution is -0.151. The third-order valence-corrected chi connectivity index (χ3v) is 5.60. The van der Waals surface area contributed by atoms with Crippen LogP contribution >= 0.6 is 0 Å². The normalized spacial score (nSPS) is 25.3. The minimum absolute atomic E-state index is 0.273. The number of alkyl halides is 3. The molecular formula is C19H24F4N2O. The highest BCUT2D eigenvalue weighted by molar-refractivity contribution is 5.78. The molecule has 0 bridgehead atoms. The summed E-state index contributed by atoms with van der Waals surface area (Å²) in [6.07, 6.45) is -3.63. The molecule has 144 valence electrons. The molecule has 7 heteroatoms. The Morgan fingerprint density at radius 3 is 2.46 bits per heavy atom. The summed E-state index contributed by atoms with van der Waals surface area (Å²) in [4.78, 5) is 16.3. The van der Waals surface area contributed by atoms with Crippen LogP contribution in [0, 0.1) is 5.82 Å². The zero-order valence-electron chi connectivity index (χ0n) is 15.1. The Hall–Kier alpha value is -1.79. The standard InChI is InChI=1S/C19H24F4N2O/c1-17(2)12-18(13-25(17)15-6-4-14(20)5-7-15)9-3-11-24(18)16(26)8-10-19(21,22)23/h4-7H,3,8-13H2,1-2H3. The fraction of sp³-hybridized carbons (Fsp3) is 0.632. The third-order valence-electron chi connectivity index (χ3n) is 5.60. The van der Waals surface area contributed by atoms with Crippen LogP contribution < -0.4 is 4.90 Å². The van der Waals surface area contributed by atoms with Gasteiger partial charge in [0.2, 0.25) is 5.91 Å². The summed E-state index contributed by atoms with van der Waals surface area (Å²) in [5, 5.41) is 0. The molecule has 26 heavy (non-hydrogen) atoms. The molecule has 2 heterocycles. The summed E-state index contributed by atoms with van der Waals surface area (Å²) >= 11 is 0. The predicted octanol–water partition coefficient (Wildman–Crippen LogP) is 4.52. The van der Waals surface area contributed by atoms with E-state index in [9.17, 15) is 22.4 Å². The van der Waals surface area contributed by atoms with E-state index in [1.165, 1.54) is 12.1 Å². The molecule has 0 N–H and O–H groups in total. The summed E-state index contributed by atoms with van der Waals surface area (Å²) in [7, 11) is 0. The number of benzene rings is 1. The Labute approximate surface area is 151 Å². The van der Waals surface area contributed by atoms with E-state index in [1.807, 2.05) is 0 Å². The number of carbonyl (C=O) groups is 1. The minimum atomic E-state index is -4.32. The van der Waals surface area contributed by atoms with E-state index in [4.69, 9.17) is 0 Å². The molecule has 3 rings (SSSR count). The molecule has 1 unspecified atom stereocenters. The number of rotatable bonds is 3. The molecule has 0 saturated carbocycles. The molecule has 1 spiro atoms. The molecule has 0 aliphatic carbocycles. The Morgan fingerprint density at radius 1 is 1.19 bits per heavy atom. The van der Waals surface area contributed by atoms with Gasteiger partial charge in [0.05, 0.1) is 12.0 Å². The topological polar surface area (TPSA) is 23.6 Å². The van der Waals surface area contributed by atoms with Crippen molar-refractivity contribution in [2.24, 2.45) is 0 Å². The number of hydrogen-bond donors (Lipinski definition) is 0. The Kier molecular flexibility index (Phi) is 4.69. The van der Waals surface area contributed by atoms with Gasteiger partial charge in [0.25, 0.3) is 0 Å². The number of halogens is 4. The first kappa shape index (κ1) is 19.0. The molecule has 1 aromatic carbocycles. The van der Waals surface area contributed by atoms with E-state index in [0.29, 0.717) is 19.5 Å². The van der Waals surface area contributed by atoms with Gasteiger partial charge in [-0.05, 0) is 57.4 Å². The highest BCUT2D eigenvalue weighted by Gasteiger charge is 2.54. The van der Waals surface area contributed by atoms with Crippen molar-refractivity contribution < 1.29 is 22.4 Å². The van der Waals surface area contributed by atoms with E-state index >= 15 is 0 Å². The Balaban J connectivity index is 1.80. The molecule has 2 fully saturated rings. The van der Waals surface area contributed by atoms with Gasteiger partial charge in [-0.3, -0.25) is 4.79 Å². The molecule has 0 radical (unpaired) electrons. The van der Waals surface area contributed by atoms with Crippen molar-refractivity contribution in [1.29, 1.82) is 0 Å². The number of hydrogen-bond acceptors (Lipinski definition) is 2. The first-order valence-electron chi connectivity index (χ1n) is 8.93. The molecule has 2 aliphatic heterocycles. The number of nitrogens with zero attached hydrogens (tertiary/aromatic N) is 2. The van der Waals surface area contributed by atoms with Crippen LogP contribution in [-0.2, 0) is 4.79 Å². The number of likely N-dealkylation sites (tertiary alicyclic amines) is 1. The van der Waals surface area contributed by atoms with Crippen LogP contribution in [-0.4, -0.2) is 41.2 Å². The lowest BCUT2D eigenvalue weighted by atomic mass is 9.87. The highest BCUT2D eigenvalue weighted by atomic mass is 19.4. The number of carbonyl (C=O) groups excluding carboxylic acids is 1. The van der Waals surface area contributed by atoms with E-state index in [2.05, 4.69) is 18.7 Å². The molecule has 1 amide bonds. The molecule has 1 aromatic rings. The van der Waals surface area contributed by atoms with Gasteiger partial charge in [0.1, 0.15) is 5.82 Å². The minimum Gasteiger partial charge on any atom is -0.364 e. The van der Waals surface area contributed by atoms with Crippen LogP contribution in [0.5, 0.6) is 0 Å². The zero-order valence-corrected chi connectivity index (χ0v) is 15.1. The predicted molar refractivity (Wildman–Crippen MR) is 91.4 cm³/mol. The van der Waals surface area contributed by atoms with E-state index in [1.54, 1.807) is 17.0 Å². The van der Waals surface area contributed by atoms with Crippen LogP contribution in [0.3, 0.4) is 0 Å². The van der Waals surface area contributed by atoms with Crippen LogP contribution in [0.25, 0.3) is 0 Å². The van der Waals surface area contributed by atoms with Gasteiger partial charge in [-0.2, -0.15) is 13.2 Å². The monoisotopic (exact) mass is 372 g/mol. The van der Waals surface area contributed by atoms with Crippen molar-refractivity contribution in [3.63, 3.8) is 0 Å². The van der Waals surface area contributed by atoms with Crippen molar-refractivity contribution in [3.05, 3.63) is 30.1 Å². The van der Waals surface area contributed by atoms with Crippen molar-refractivity contribution in [1.82, 2.24) is 4.90 Å². The van der Waals surface area contributed by atoms with Crippen LogP contribution in [0.4, 0.5) is 23.2 Å². The second-order valence-electron chi connectivity index (χ2n) is 8.04. The SMILES string of the molecule is CC1(C)CC2(CCCN2C(=O)CCC(F)(F)F)CN1c1ccc(F)cc1. The second kappa shape index (κ2) is 6.43. The first-order chi connectivity index (χ1) is 12.0. The van der Waals surface area contributed by atoms with Gasteiger partial charge in [-0.25, -0.2) is 4.39 Å². The lowest BCUT2D eigenvalue weighted by Gasteiger charge is -2.35. The van der Waals surface area contributed by atoms with E-state index in [-0.39, 0.29) is 11.4 Å². The molecular weight excluding hydrogens is 348 g/mol. The van der Waals surface area contributed by atoms with Crippen molar-refractivity contribution >= 4 is 11.6 Å². The highest BCUT2D eigenvalue weighted by Crippen LogP contribution is 2.47. The van der Waals surface area contributed by atoms with Gasteiger partial charge in [-0.15, -0.1) is 0 Å². The average molecular weight is 372 g/mol. The summed E-state index contributed by atoms with van der Waals surface area (Å²) in [6.45, 7) is 5.18. The summed E-state index contributed by atoms with van der Waals surface area (Å²) in [5.74, 6) is -0.734. The molecule has 2 saturated heterocycles. The second-order valence-corrected chi connectivity index (χ2v) is 8.04. The summed E-state index contributed by atoms with van der Waals surface area (Å²) < 4.78 is 50.7. The van der Waals surface area contributed by atoms with Gasteiger partial charge in [0, 0.05) is 30.7 Å². The Morgan fingerprint density at radius 2 is 1.85 bits per heavy atom. The smallest absolute Gasteiger partial charge is 0.364 e. The zero-order chi connectivity index (χ0) is 19.2. The number of amides is 1. The maximum absolute atomic E-state index is 13.2. The summed E-state index contributed by atoms with van der Waals surface area (Å²) in [5.41, 5.74) is 0.147. The maximum atomic E-state index is 13.2. The summed E-state index contributed by atoms with van der Waals surface area (Å²) in [6, 6.07) is 6.22. The third kappa shape index (κ3) is 3.67. The van der Waals surface area contributed by atoms with Gasteiger partial charge >= 0.3 is 6.18 Å². The van der Waals surface area contributed by atoms with Gasteiger partial charge in [-0.1, -0.05) is 0 Å². The van der Waals surface area contributed by atoms with Crippen molar-refractivity contribution in [2.45, 2.75) is 63.2 Å². The van der Waals surface area contributed by atoms with Gasteiger partial charge < -0.3 is 9.80 Å². The fourth-order valence-corrected chi connectivity index (χ4v) is 4.59. The fourth-order valence-electron chi connectivity index (χ4n) is 4.59. The molecule has 0 aromatic heterocycles. The van der Waals surface area contributed by atoms with E-state index in [0.717, 1.165) is 18.5 Å². The van der Waals surface area contributed by atoms with Crippen LogP contribution in [0.15, 0.2) is 24.3 Å². The largest absolute Gasteiger partial charge is 0.389 e.